The Balaban J connectivity index is 1.53. The van der Waals surface area contributed by atoms with Crippen molar-refractivity contribution in [3.63, 3.8) is 0 Å². The third kappa shape index (κ3) is 3.87. The van der Waals surface area contributed by atoms with Crippen molar-refractivity contribution >= 4 is 17.2 Å². The van der Waals surface area contributed by atoms with Gasteiger partial charge in [-0.3, -0.25) is 4.79 Å². The van der Waals surface area contributed by atoms with E-state index < -0.39 is 11.7 Å². The van der Waals surface area contributed by atoms with E-state index in [0.29, 0.717) is 31.5 Å². The van der Waals surface area contributed by atoms with Crippen LogP contribution in [0.15, 0.2) is 35.2 Å². The summed E-state index contributed by atoms with van der Waals surface area (Å²) in [6.45, 7) is 1.11. The van der Waals surface area contributed by atoms with Crippen molar-refractivity contribution in [2.45, 2.75) is 25.1 Å². The van der Waals surface area contributed by atoms with E-state index in [4.69, 9.17) is 4.74 Å². The van der Waals surface area contributed by atoms with Gasteiger partial charge in [0.15, 0.2) is 0 Å². The molecule has 1 amide bonds. The first-order valence-electron chi connectivity index (χ1n) is 7.45. The number of piperidine rings is 1. The molecule has 3 rings (SSSR count). The molecule has 0 unspecified atom stereocenters. The van der Waals surface area contributed by atoms with E-state index in [-0.39, 0.29) is 17.9 Å². The maximum absolute atomic E-state index is 12.5. The van der Waals surface area contributed by atoms with Crippen LogP contribution in [0.1, 0.15) is 28.8 Å². The van der Waals surface area contributed by atoms with Gasteiger partial charge in [0.25, 0.3) is 5.91 Å². The summed E-state index contributed by atoms with van der Waals surface area (Å²) in [7, 11) is 0. The van der Waals surface area contributed by atoms with Gasteiger partial charge in [0.1, 0.15) is 6.10 Å². The Morgan fingerprint density at radius 2 is 2.00 bits per heavy atom. The molecule has 0 spiro atoms. The minimum atomic E-state index is -4.40. The molecule has 2 aromatic heterocycles. The van der Waals surface area contributed by atoms with Crippen LogP contribution < -0.4 is 4.74 Å². The zero-order valence-electron chi connectivity index (χ0n) is 12.6. The molecule has 1 saturated heterocycles. The van der Waals surface area contributed by atoms with Crippen LogP contribution in [0.2, 0.25) is 0 Å². The average molecular weight is 356 g/mol. The van der Waals surface area contributed by atoms with Crippen molar-refractivity contribution < 1.29 is 22.7 Å². The van der Waals surface area contributed by atoms with E-state index in [1.807, 2.05) is 10.8 Å². The van der Waals surface area contributed by atoms with Crippen LogP contribution in [-0.4, -0.2) is 35.0 Å². The number of hydrogen-bond donors (Lipinski definition) is 0. The number of hydrogen-bond acceptors (Lipinski definition) is 4. The number of carbonyl (C=O) groups excluding carboxylic acids is 1. The molecule has 0 atom stereocenters. The third-order valence-corrected chi connectivity index (χ3v) is 4.53. The number of pyridine rings is 1. The monoisotopic (exact) mass is 356 g/mol. The topological polar surface area (TPSA) is 42.4 Å². The van der Waals surface area contributed by atoms with E-state index in [9.17, 15) is 18.0 Å². The summed E-state index contributed by atoms with van der Waals surface area (Å²) in [5.41, 5.74) is -0.116. The summed E-state index contributed by atoms with van der Waals surface area (Å²) in [4.78, 5) is 17.7. The van der Waals surface area contributed by atoms with Gasteiger partial charge in [-0.1, -0.05) is 0 Å². The lowest BCUT2D eigenvalue weighted by molar-refractivity contribution is -0.137. The lowest BCUT2D eigenvalue weighted by Crippen LogP contribution is -2.41. The van der Waals surface area contributed by atoms with E-state index in [2.05, 4.69) is 4.98 Å². The summed E-state index contributed by atoms with van der Waals surface area (Å²) in [6.07, 6.45) is -2.54. The van der Waals surface area contributed by atoms with Crippen LogP contribution in [-0.2, 0) is 6.18 Å². The fraction of sp³-hybridized carbons (Fsp3) is 0.375. The van der Waals surface area contributed by atoms with Crippen molar-refractivity contribution in [3.05, 3.63) is 46.3 Å². The number of amides is 1. The lowest BCUT2D eigenvalue weighted by atomic mass is 10.1. The van der Waals surface area contributed by atoms with Gasteiger partial charge < -0.3 is 9.64 Å². The molecule has 1 aliphatic heterocycles. The van der Waals surface area contributed by atoms with Crippen molar-refractivity contribution in [1.82, 2.24) is 9.88 Å². The Hall–Kier alpha value is -2.09. The molecule has 0 aromatic carbocycles. The Kier molecular flexibility index (Phi) is 4.75. The number of halogens is 3. The molecule has 8 heteroatoms. The van der Waals surface area contributed by atoms with Gasteiger partial charge in [0.05, 0.1) is 11.1 Å². The number of thiophene rings is 1. The quantitative estimate of drug-likeness (QED) is 0.839. The van der Waals surface area contributed by atoms with Gasteiger partial charge in [0, 0.05) is 43.6 Å². The second kappa shape index (κ2) is 6.80. The molecule has 128 valence electrons. The summed E-state index contributed by atoms with van der Waals surface area (Å²) in [6, 6.07) is 3.98. The van der Waals surface area contributed by atoms with E-state index in [1.54, 1.807) is 11.0 Å². The van der Waals surface area contributed by atoms with Crippen LogP contribution >= 0.6 is 11.3 Å². The van der Waals surface area contributed by atoms with Crippen molar-refractivity contribution in [2.24, 2.45) is 0 Å². The molecule has 0 aliphatic carbocycles. The van der Waals surface area contributed by atoms with Gasteiger partial charge in [-0.05, 0) is 17.5 Å². The second-order valence-corrected chi connectivity index (χ2v) is 6.28. The van der Waals surface area contributed by atoms with Crippen molar-refractivity contribution in [1.29, 1.82) is 0 Å². The standard InChI is InChI=1S/C16H15F3N2O2S/c17-16(18,19)12-1-2-14(20-9-12)23-13-3-6-21(7-4-13)15(22)11-5-8-24-10-11/h1-2,5,8-10,13H,3-4,6-7H2. The molecule has 0 N–H and O–H groups in total. The number of nitrogens with zero attached hydrogens (tertiary/aromatic N) is 2. The van der Waals surface area contributed by atoms with E-state index in [0.717, 1.165) is 12.3 Å². The van der Waals surface area contributed by atoms with Gasteiger partial charge in [-0.2, -0.15) is 24.5 Å². The fourth-order valence-electron chi connectivity index (χ4n) is 2.53. The molecular formula is C16H15F3N2O2S. The van der Waals surface area contributed by atoms with Crippen LogP contribution in [0, 0.1) is 0 Å². The van der Waals surface area contributed by atoms with Crippen LogP contribution in [0.25, 0.3) is 0 Å². The molecule has 4 nitrogen and oxygen atoms in total. The highest BCUT2D eigenvalue weighted by atomic mass is 32.1. The number of likely N-dealkylation sites (tertiary alicyclic amines) is 1. The molecule has 0 saturated carbocycles. The Bertz CT molecular complexity index is 678. The second-order valence-electron chi connectivity index (χ2n) is 5.50. The first-order valence-corrected chi connectivity index (χ1v) is 8.39. The van der Waals surface area contributed by atoms with Crippen molar-refractivity contribution in [3.8, 4) is 5.88 Å². The number of aromatic nitrogens is 1. The van der Waals surface area contributed by atoms with Gasteiger partial charge in [-0.15, -0.1) is 0 Å². The minimum absolute atomic E-state index is 0.00218. The summed E-state index contributed by atoms with van der Waals surface area (Å²) < 4.78 is 43.1. The van der Waals surface area contributed by atoms with Gasteiger partial charge >= 0.3 is 6.18 Å². The zero-order valence-corrected chi connectivity index (χ0v) is 13.4. The fourth-order valence-corrected chi connectivity index (χ4v) is 3.16. The maximum atomic E-state index is 12.5. The maximum Gasteiger partial charge on any atom is 0.417 e. The molecule has 3 heterocycles. The number of alkyl halides is 3. The summed E-state index contributed by atoms with van der Waals surface area (Å²) in [5.74, 6) is 0.174. The molecular weight excluding hydrogens is 341 g/mol. The third-order valence-electron chi connectivity index (χ3n) is 3.85. The van der Waals surface area contributed by atoms with Crippen LogP contribution in [0.3, 0.4) is 0 Å². The number of ether oxygens (including phenoxy) is 1. The predicted octanol–water partition coefficient (Wildman–Crippen LogP) is 3.85. The zero-order chi connectivity index (χ0) is 17.2. The first-order chi connectivity index (χ1) is 11.4. The molecule has 24 heavy (non-hydrogen) atoms. The van der Waals surface area contributed by atoms with Crippen LogP contribution in [0.4, 0.5) is 13.2 Å². The average Bonchev–Trinajstić information content (AvgIpc) is 3.09. The smallest absolute Gasteiger partial charge is 0.417 e. The molecule has 1 fully saturated rings. The molecule has 0 radical (unpaired) electrons. The van der Waals surface area contributed by atoms with E-state index >= 15 is 0 Å². The highest BCUT2D eigenvalue weighted by Crippen LogP contribution is 2.29. The minimum Gasteiger partial charge on any atom is -0.474 e. The Morgan fingerprint density at radius 1 is 1.25 bits per heavy atom. The molecule has 0 bridgehead atoms. The summed E-state index contributed by atoms with van der Waals surface area (Å²) >= 11 is 1.48. The van der Waals surface area contributed by atoms with Crippen molar-refractivity contribution in [2.75, 3.05) is 13.1 Å². The van der Waals surface area contributed by atoms with E-state index in [1.165, 1.54) is 17.4 Å². The Morgan fingerprint density at radius 3 is 2.54 bits per heavy atom. The predicted molar refractivity (Wildman–Crippen MR) is 83.1 cm³/mol. The molecule has 2 aromatic rings. The SMILES string of the molecule is O=C(c1ccsc1)N1CCC(Oc2ccc(C(F)(F)F)cn2)CC1. The number of carbonyl (C=O) groups is 1. The largest absolute Gasteiger partial charge is 0.474 e. The highest BCUT2D eigenvalue weighted by Gasteiger charge is 2.31. The first kappa shape index (κ1) is 16.8. The highest BCUT2D eigenvalue weighted by molar-refractivity contribution is 7.08. The van der Waals surface area contributed by atoms with Gasteiger partial charge in [0.2, 0.25) is 5.88 Å². The summed E-state index contributed by atoms with van der Waals surface area (Å²) in [5, 5.41) is 3.68. The van der Waals surface area contributed by atoms with Gasteiger partial charge in [-0.25, -0.2) is 4.98 Å². The number of rotatable bonds is 3. The lowest BCUT2D eigenvalue weighted by Gasteiger charge is -2.31. The normalized spacial score (nSPS) is 16.2. The molecule has 1 aliphatic rings. The Labute approximate surface area is 140 Å². The van der Waals surface area contributed by atoms with Crippen LogP contribution in [0.5, 0.6) is 5.88 Å².